The number of nitrogens with zero attached hydrogens (tertiary/aromatic N) is 1. The molecule has 0 bridgehead atoms. The van der Waals surface area contributed by atoms with Crippen LogP contribution in [0.5, 0.6) is 5.88 Å². The number of carbonyl (C=O) groups is 1. The predicted molar refractivity (Wildman–Crippen MR) is 56.6 cm³/mol. The zero-order valence-corrected chi connectivity index (χ0v) is 9.49. The number of hydrogen-bond acceptors (Lipinski definition) is 4. The quantitative estimate of drug-likeness (QED) is 0.725. The molecule has 2 heterocycles. The van der Waals surface area contributed by atoms with Crippen LogP contribution < -0.4 is 4.74 Å². The Bertz CT molecular complexity index is 397. The molecule has 88 valence electrons. The van der Waals surface area contributed by atoms with Gasteiger partial charge in [0.05, 0.1) is 26.9 Å². The molecule has 1 aromatic rings. The van der Waals surface area contributed by atoms with Crippen molar-refractivity contribution >= 4 is 5.97 Å². The summed E-state index contributed by atoms with van der Waals surface area (Å²) in [5.41, 5.74) is 1.43. The largest absolute Gasteiger partial charge is 0.482 e. The summed E-state index contributed by atoms with van der Waals surface area (Å²) >= 11 is 0. The van der Waals surface area contributed by atoms with E-state index >= 15 is 0 Å². The molecule has 1 aromatic heterocycles. The third-order valence-electron chi connectivity index (χ3n) is 2.53. The van der Waals surface area contributed by atoms with Crippen molar-refractivity contribution in [1.29, 1.82) is 0 Å². The molecule has 1 aliphatic heterocycles. The molecule has 1 aliphatic rings. The Hall–Kier alpha value is -1.49. The lowest BCUT2D eigenvalue weighted by molar-refractivity contribution is 0.0521. The van der Waals surface area contributed by atoms with Gasteiger partial charge in [0.1, 0.15) is 5.56 Å². The molecule has 0 spiro atoms. The maximum Gasteiger partial charge on any atom is 0.343 e. The van der Waals surface area contributed by atoms with Gasteiger partial charge in [-0.25, -0.2) is 4.79 Å². The highest BCUT2D eigenvalue weighted by molar-refractivity contribution is 5.92. The van der Waals surface area contributed by atoms with Gasteiger partial charge in [0.25, 0.3) is 0 Å². The average Bonchev–Trinajstić information content (AvgIpc) is 2.67. The maximum absolute atomic E-state index is 11.7. The van der Waals surface area contributed by atoms with Gasteiger partial charge in [0, 0.05) is 12.2 Å². The van der Waals surface area contributed by atoms with Crippen molar-refractivity contribution in [2.24, 2.45) is 0 Å². The fourth-order valence-corrected chi connectivity index (χ4v) is 1.85. The van der Waals surface area contributed by atoms with Crippen LogP contribution >= 0.6 is 0 Å². The zero-order valence-electron chi connectivity index (χ0n) is 9.49. The maximum atomic E-state index is 11.7. The van der Waals surface area contributed by atoms with Gasteiger partial charge in [0.2, 0.25) is 5.88 Å². The first-order valence-electron chi connectivity index (χ1n) is 5.29. The highest BCUT2D eigenvalue weighted by Gasteiger charge is 2.23. The second-order valence-electron chi connectivity index (χ2n) is 3.48. The smallest absolute Gasteiger partial charge is 0.343 e. The van der Waals surface area contributed by atoms with E-state index in [1.807, 2.05) is 4.57 Å². The Labute approximate surface area is 93.9 Å². The molecule has 5 heteroatoms. The molecular weight excluding hydrogens is 210 g/mol. The van der Waals surface area contributed by atoms with Crippen molar-refractivity contribution in [3.8, 4) is 5.88 Å². The van der Waals surface area contributed by atoms with E-state index in [0.717, 1.165) is 5.69 Å². The van der Waals surface area contributed by atoms with Crippen LogP contribution in [0.1, 0.15) is 23.0 Å². The van der Waals surface area contributed by atoms with E-state index in [1.54, 1.807) is 20.1 Å². The van der Waals surface area contributed by atoms with Crippen LogP contribution in [0, 0.1) is 0 Å². The standard InChI is InChI=1S/C11H15NO4/c1-3-16-11(13)9-6-8-7-15-5-4-12(8)10(9)14-2/h6H,3-5,7H2,1-2H3. The minimum absolute atomic E-state index is 0.346. The van der Waals surface area contributed by atoms with E-state index < -0.39 is 0 Å². The number of aromatic nitrogens is 1. The molecule has 0 fully saturated rings. The number of methoxy groups -OCH3 is 1. The monoisotopic (exact) mass is 225 g/mol. The van der Waals surface area contributed by atoms with Crippen LogP contribution in [0.4, 0.5) is 0 Å². The minimum Gasteiger partial charge on any atom is -0.482 e. The Morgan fingerprint density at radius 2 is 2.44 bits per heavy atom. The first-order valence-corrected chi connectivity index (χ1v) is 5.29. The van der Waals surface area contributed by atoms with E-state index in [1.165, 1.54) is 0 Å². The molecule has 0 amide bonds. The summed E-state index contributed by atoms with van der Waals surface area (Å²) in [6.07, 6.45) is 0. The van der Waals surface area contributed by atoms with E-state index in [2.05, 4.69) is 0 Å². The predicted octanol–water partition coefficient (Wildman–Crippen LogP) is 1.20. The first-order chi connectivity index (χ1) is 7.77. The first kappa shape index (κ1) is 11.0. The number of carbonyl (C=O) groups excluding carboxylic acids is 1. The van der Waals surface area contributed by atoms with Gasteiger partial charge in [-0.1, -0.05) is 0 Å². The van der Waals surface area contributed by atoms with Gasteiger partial charge in [0.15, 0.2) is 0 Å². The van der Waals surface area contributed by atoms with Crippen molar-refractivity contribution in [3.05, 3.63) is 17.3 Å². The fourth-order valence-electron chi connectivity index (χ4n) is 1.85. The minimum atomic E-state index is -0.346. The highest BCUT2D eigenvalue weighted by Crippen LogP contribution is 2.27. The van der Waals surface area contributed by atoms with E-state index in [-0.39, 0.29) is 5.97 Å². The van der Waals surface area contributed by atoms with Crippen LogP contribution in [0.3, 0.4) is 0 Å². The lowest BCUT2D eigenvalue weighted by Gasteiger charge is -2.17. The molecule has 16 heavy (non-hydrogen) atoms. The van der Waals surface area contributed by atoms with Crippen molar-refractivity contribution < 1.29 is 19.0 Å². The summed E-state index contributed by atoms with van der Waals surface area (Å²) in [7, 11) is 1.56. The number of ether oxygens (including phenoxy) is 3. The summed E-state index contributed by atoms with van der Waals surface area (Å²) in [6.45, 7) is 4.00. The van der Waals surface area contributed by atoms with Crippen LogP contribution in [0.25, 0.3) is 0 Å². The molecule has 0 saturated carbocycles. The molecule has 0 aromatic carbocycles. The topological polar surface area (TPSA) is 49.7 Å². The molecule has 0 saturated heterocycles. The average molecular weight is 225 g/mol. The Kier molecular flexibility index (Phi) is 3.14. The van der Waals surface area contributed by atoms with Crippen molar-refractivity contribution in [1.82, 2.24) is 4.57 Å². The van der Waals surface area contributed by atoms with Gasteiger partial charge < -0.3 is 18.8 Å². The van der Waals surface area contributed by atoms with Gasteiger partial charge in [-0.3, -0.25) is 0 Å². The lowest BCUT2D eigenvalue weighted by atomic mass is 10.3. The van der Waals surface area contributed by atoms with Crippen LogP contribution in [0.15, 0.2) is 6.07 Å². The molecule has 0 radical (unpaired) electrons. The molecule has 0 unspecified atom stereocenters. The second-order valence-corrected chi connectivity index (χ2v) is 3.48. The Balaban J connectivity index is 2.37. The number of hydrogen-bond donors (Lipinski definition) is 0. The summed E-state index contributed by atoms with van der Waals surface area (Å²) in [4.78, 5) is 11.7. The van der Waals surface area contributed by atoms with E-state index in [9.17, 15) is 4.79 Å². The zero-order chi connectivity index (χ0) is 11.5. The molecule has 0 N–H and O–H groups in total. The van der Waals surface area contributed by atoms with Crippen LogP contribution in [-0.2, 0) is 22.6 Å². The summed E-state index contributed by atoms with van der Waals surface area (Å²) in [5, 5.41) is 0. The summed E-state index contributed by atoms with van der Waals surface area (Å²) in [6, 6.07) is 1.77. The summed E-state index contributed by atoms with van der Waals surface area (Å²) < 4.78 is 17.5. The Morgan fingerprint density at radius 1 is 1.62 bits per heavy atom. The van der Waals surface area contributed by atoms with E-state index in [0.29, 0.717) is 37.8 Å². The van der Waals surface area contributed by atoms with Gasteiger partial charge in [-0.15, -0.1) is 0 Å². The van der Waals surface area contributed by atoms with Crippen LogP contribution in [0.2, 0.25) is 0 Å². The number of fused-ring (bicyclic) bond motifs is 1. The number of esters is 1. The van der Waals surface area contributed by atoms with Crippen molar-refractivity contribution in [2.45, 2.75) is 20.1 Å². The summed E-state index contributed by atoms with van der Waals surface area (Å²) in [5.74, 6) is 0.220. The van der Waals surface area contributed by atoms with Crippen molar-refractivity contribution in [3.63, 3.8) is 0 Å². The second kappa shape index (κ2) is 4.57. The molecule has 0 atom stereocenters. The molecule has 0 aliphatic carbocycles. The number of rotatable bonds is 3. The third-order valence-corrected chi connectivity index (χ3v) is 2.53. The Morgan fingerprint density at radius 3 is 3.12 bits per heavy atom. The van der Waals surface area contributed by atoms with Crippen LogP contribution in [-0.4, -0.2) is 30.9 Å². The fraction of sp³-hybridized carbons (Fsp3) is 0.545. The SMILES string of the molecule is CCOC(=O)c1cc2n(c1OC)CCOC2. The highest BCUT2D eigenvalue weighted by atomic mass is 16.5. The normalized spacial score (nSPS) is 14.4. The molecule has 2 rings (SSSR count). The van der Waals surface area contributed by atoms with Gasteiger partial charge in [-0.2, -0.15) is 0 Å². The third kappa shape index (κ3) is 1.78. The lowest BCUT2D eigenvalue weighted by Crippen LogP contribution is -2.16. The molecule has 5 nitrogen and oxygen atoms in total. The molecular formula is C11H15NO4. The van der Waals surface area contributed by atoms with Crippen molar-refractivity contribution in [2.75, 3.05) is 20.3 Å². The van der Waals surface area contributed by atoms with E-state index in [4.69, 9.17) is 14.2 Å². The van der Waals surface area contributed by atoms with Gasteiger partial charge >= 0.3 is 5.97 Å². The van der Waals surface area contributed by atoms with Gasteiger partial charge in [-0.05, 0) is 13.0 Å².